The highest BCUT2D eigenvalue weighted by atomic mass is 79.9. The van der Waals surface area contributed by atoms with Gasteiger partial charge in [-0.1, -0.05) is 60.7 Å². The maximum atomic E-state index is 5.26. The van der Waals surface area contributed by atoms with Gasteiger partial charge in [-0.25, -0.2) is 4.98 Å². The van der Waals surface area contributed by atoms with Crippen molar-refractivity contribution in [1.29, 1.82) is 0 Å². The summed E-state index contributed by atoms with van der Waals surface area (Å²) >= 11 is 1.59. The maximum Gasteiger partial charge on any atom is 0.187 e. The van der Waals surface area contributed by atoms with Gasteiger partial charge in [-0.05, 0) is 23.3 Å². The van der Waals surface area contributed by atoms with Crippen molar-refractivity contribution in [2.45, 2.75) is 0 Å². The smallest absolute Gasteiger partial charge is 0.187 e. The van der Waals surface area contributed by atoms with E-state index >= 15 is 0 Å². The average Bonchev–Trinajstić information content (AvgIpc) is 3.17. The second-order valence-corrected chi connectivity index (χ2v) is 6.70. The first kappa shape index (κ1) is 19.1. The Kier molecular flexibility index (Phi) is 6.27. The molecular weight excluding hydrogens is 420 g/mol. The third-order valence-corrected chi connectivity index (χ3v) is 4.87. The zero-order chi connectivity index (χ0) is 17.8. The summed E-state index contributed by atoms with van der Waals surface area (Å²) in [5.41, 5.74) is 5.47. The average molecular weight is 439 g/mol. The lowest BCUT2D eigenvalue weighted by molar-refractivity contribution is 0.415. The van der Waals surface area contributed by atoms with Gasteiger partial charge in [0.1, 0.15) is 5.75 Å². The van der Waals surface area contributed by atoms with Gasteiger partial charge in [-0.3, -0.25) is 0 Å². The molecule has 0 saturated heterocycles. The molecule has 4 aromatic rings. The Labute approximate surface area is 173 Å². The van der Waals surface area contributed by atoms with Gasteiger partial charge in [0.25, 0.3) is 0 Å². The molecule has 27 heavy (non-hydrogen) atoms. The first-order chi connectivity index (χ1) is 12.8. The van der Waals surface area contributed by atoms with Gasteiger partial charge >= 0.3 is 0 Å². The number of aromatic nitrogens is 1. The molecule has 1 heterocycles. The number of rotatable bonds is 5. The monoisotopic (exact) mass is 438 g/mol. The third-order valence-electron chi connectivity index (χ3n) is 4.11. The lowest BCUT2D eigenvalue weighted by atomic mass is 10.0. The van der Waals surface area contributed by atoms with E-state index in [0.717, 1.165) is 27.8 Å². The number of halogens is 1. The maximum absolute atomic E-state index is 5.26. The van der Waals surface area contributed by atoms with Crippen molar-refractivity contribution in [1.82, 2.24) is 4.98 Å². The summed E-state index contributed by atoms with van der Waals surface area (Å²) in [5, 5.41) is 6.26. The standard InChI is InChI=1S/C22H18N2OS.BrH/c1-25-20-9-5-8-19(14-20)23-22-24-21(15-26-22)18-12-10-17(11-13-18)16-6-3-2-4-7-16;/h2-15H,1H3,(H,23,24);1H. The zero-order valence-electron chi connectivity index (χ0n) is 14.8. The summed E-state index contributed by atoms with van der Waals surface area (Å²) in [6, 6.07) is 26.7. The largest absolute Gasteiger partial charge is 0.497 e. The van der Waals surface area contributed by atoms with Crippen molar-refractivity contribution < 1.29 is 4.74 Å². The summed E-state index contributed by atoms with van der Waals surface area (Å²) in [7, 11) is 1.67. The molecule has 5 heteroatoms. The summed E-state index contributed by atoms with van der Waals surface area (Å²) in [4.78, 5) is 4.70. The van der Waals surface area contributed by atoms with Crippen molar-refractivity contribution in [3.05, 3.63) is 84.2 Å². The normalized spacial score (nSPS) is 10.1. The van der Waals surface area contributed by atoms with E-state index in [1.165, 1.54) is 11.1 Å². The second kappa shape index (κ2) is 8.84. The highest BCUT2D eigenvalue weighted by Gasteiger charge is 2.06. The number of hydrogen-bond acceptors (Lipinski definition) is 4. The third kappa shape index (κ3) is 4.56. The van der Waals surface area contributed by atoms with Gasteiger partial charge in [0.05, 0.1) is 12.8 Å². The van der Waals surface area contributed by atoms with E-state index in [2.05, 4.69) is 59.2 Å². The molecule has 0 spiro atoms. The van der Waals surface area contributed by atoms with Crippen LogP contribution in [0.5, 0.6) is 5.75 Å². The van der Waals surface area contributed by atoms with Crippen LogP contribution in [0, 0.1) is 0 Å². The molecule has 0 unspecified atom stereocenters. The minimum absolute atomic E-state index is 0. The van der Waals surface area contributed by atoms with E-state index in [4.69, 9.17) is 9.72 Å². The van der Waals surface area contributed by atoms with Crippen LogP contribution in [0.2, 0.25) is 0 Å². The van der Waals surface area contributed by atoms with Crippen molar-refractivity contribution in [3.8, 4) is 28.1 Å². The summed E-state index contributed by atoms with van der Waals surface area (Å²) in [6.07, 6.45) is 0. The molecule has 0 amide bonds. The Hall–Kier alpha value is -2.63. The Morgan fingerprint density at radius 1 is 0.815 bits per heavy atom. The van der Waals surface area contributed by atoms with Gasteiger partial charge < -0.3 is 10.1 Å². The van der Waals surface area contributed by atoms with Crippen LogP contribution in [-0.2, 0) is 0 Å². The van der Waals surface area contributed by atoms with Gasteiger partial charge in [0, 0.05) is 22.7 Å². The van der Waals surface area contributed by atoms with Crippen LogP contribution in [0.1, 0.15) is 0 Å². The minimum atomic E-state index is 0. The number of methoxy groups -OCH3 is 1. The topological polar surface area (TPSA) is 34.1 Å². The van der Waals surface area contributed by atoms with Gasteiger partial charge in [-0.15, -0.1) is 28.3 Å². The predicted octanol–water partition coefficient (Wildman–Crippen LogP) is 6.81. The number of benzene rings is 3. The van der Waals surface area contributed by atoms with Crippen molar-refractivity contribution in [2.75, 3.05) is 12.4 Å². The Morgan fingerprint density at radius 3 is 2.26 bits per heavy atom. The zero-order valence-corrected chi connectivity index (χ0v) is 17.3. The van der Waals surface area contributed by atoms with E-state index < -0.39 is 0 Å². The lowest BCUT2D eigenvalue weighted by Crippen LogP contribution is -1.90. The van der Waals surface area contributed by atoms with Gasteiger partial charge in [0.2, 0.25) is 0 Å². The molecule has 0 radical (unpaired) electrons. The number of ether oxygens (including phenoxy) is 1. The van der Waals surface area contributed by atoms with Gasteiger partial charge in [-0.2, -0.15) is 0 Å². The number of hydrogen-bond donors (Lipinski definition) is 1. The molecule has 0 aliphatic rings. The molecule has 0 bridgehead atoms. The minimum Gasteiger partial charge on any atom is -0.497 e. The molecule has 136 valence electrons. The Balaban J connectivity index is 0.00000210. The molecule has 3 nitrogen and oxygen atoms in total. The molecule has 0 aliphatic heterocycles. The van der Waals surface area contributed by atoms with E-state index in [9.17, 15) is 0 Å². The molecule has 0 aliphatic carbocycles. The number of anilines is 2. The van der Waals surface area contributed by atoms with Crippen LogP contribution in [0.3, 0.4) is 0 Å². The summed E-state index contributed by atoms with van der Waals surface area (Å²) in [5.74, 6) is 0.822. The Morgan fingerprint density at radius 2 is 1.52 bits per heavy atom. The fourth-order valence-corrected chi connectivity index (χ4v) is 3.49. The van der Waals surface area contributed by atoms with E-state index in [-0.39, 0.29) is 17.0 Å². The molecule has 0 fully saturated rings. The molecule has 0 atom stereocenters. The predicted molar refractivity (Wildman–Crippen MR) is 120 cm³/mol. The fourth-order valence-electron chi connectivity index (χ4n) is 2.75. The summed E-state index contributed by atoms with van der Waals surface area (Å²) in [6.45, 7) is 0. The van der Waals surface area contributed by atoms with Gasteiger partial charge in [0.15, 0.2) is 5.13 Å². The number of thiazole rings is 1. The van der Waals surface area contributed by atoms with E-state index in [1.54, 1.807) is 18.4 Å². The molecule has 1 N–H and O–H groups in total. The first-order valence-electron chi connectivity index (χ1n) is 8.34. The van der Waals surface area contributed by atoms with Crippen molar-refractivity contribution >= 4 is 39.1 Å². The molecular formula is C22H19BrN2OS. The quantitative estimate of drug-likeness (QED) is 0.371. The van der Waals surface area contributed by atoms with Crippen LogP contribution in [0.4, 0.5) is 10.8 Å². The molecule has 1 aromatic heterocycles. The first-order valence-corrected chi connectivity index (χ1v) is 9.22. The second-order valence-electron chi connectivity index (χ2n) is 5.84. The Bertz CT molecular complexity index is 1000. The number of nitrogens with one attached hydrogen (secondary N) is 1. The van der Waals surface area contributed by atoms with Crippen molar-refractivity contribution in [3.63, 3.8) is 0 Å². The van der Waals surface area contributed by atoms with Crippen LogP contribution in [0.25, 0.3) is 22.4 Å². The summed E-state index contributed by atoms with van der Waals surface area (Å²) < 4.78 is 5.26. The molecule has 3 aromatic carbocycles. The SMILES string of the molecule is Br.COc1cccc(Nc2nc(-c3ccc(-c4ccccc4)cc3)cs2)c1. The van der Waals surface area contributed by atoms with Crippen LogP contribution >= 0.6 is 28.3 Å². The highest BCUT2D eigenvalue weighted by molar-refractivity contribution is 8.93. The van der Waals surface area contributed by atoms with E-state index in [0.29, 0.717) is 0 Å². The highest BCUT2D eigenvalue weighted by Crippen LogP contribution is 2.29. The molecule has 0 saturated carbocycles. The lowest BCUT2D eigenvalue weighted by Gasteiger charge is -2.05. The van der Waals surface area contributed by atoms with Crippen molar-refractivity contribution in [2.24, 2.45) is 0 Å². The fraction of sp³-hybridized carbons (Fsp3) is 0.0455. The molecule has 4 rings (SSSR count). The van der Waals surface area contributed by atoms with E-state index in [1.807, 2.05) is 30.3 Å². The number of nitrogens with zero attached hydrogens (tertiary/aromatic N) is 1. The van der Waals surface area contributed by atoms with Crippen LogP contribution in [0.15, 0.2) is 84.2 Å². The van der Waals surface area contributed by atoms with Crippen LogP contribution < -0.4 is 10.1 Å². The van der Waals surface area contributed by atoms with Crippen LogP contribution in [-0.4, -0.2) is 12.1 Å².